The molecule has 2 fully saturated rings. The Hall–Kier alpha value is -0.790. The van der Waals surface area contributed by atoms with Crippen molar-refractivity contribution in [3.05, 3.63) is 12.2 Å². The zero-order chi connectivity index (χ0) is 9.42. The van der Waals surface area contributed by atoms with Crippen molar-refractivity contribution in [3.63, 3.8) is 0 Å². The molecule has 0 bridgehead atoms. The molecule has 1 aliphatic carbocycles. The third-order valence-electron chi connectivity index (χ3n) is 3.02. The first-order valence-electron chi connectivity index (χ1n) is 5.19. The Kier molecular flexibility index (Phi) is 2.14. The number of hydrogen-bond donors (Lipinski definition) is 0. The van der Waals surface area contributed by atoms with Crippen LogP contribution in [0.15, 0.2) is 12.2 Å². The van der Waals surface area contributed by atoms with Crippen molar-refractivity contribution >= 4 is 5.91 Å². The molecule has 13 heavy (non-hydrogen) atoms. The maximum absolute atomic E-state index is 11.6. The summed E-state index contributed by atoms with van der Waals surface area (Å²) in [6.45, 7) is 4.23. The number of hydrogen-bond acceptors (Lipinski definition) is 1. The monoisotopic (exact) mass is 179 g/mol. The van der Waals surface area contributed by atoms with Gasteiger partial charge in [-0.15, -0.1) is 0 Å². The number of amides is 1. The summed E-state index contributed by atoms with van der Waals surface area (Å²) < 4.78 is 0. The first kappa shape index (κ1) is 8.79. The van der Waals surface area contributed by atoms with Gasteiger partial charge in [-0.1, -0.05) is 6.08 Å². The highest BCUT2D eigenvalue weighted by atomic mass is 16.2. The van der Waals surface area contributed by atoms with Crippen molar-refractivity contribution in [1.29, 1.82) is 0 Å². The molecule has 1 saturated heterocycles. The van der Waals surface area contributed by atoms with E-state index in [1.165, 1.54) is 12.8 Å². The smallest absolute Gasteiger partial charge is 0.246 e. The van der Waals surface area contributed by atoms with E-state index >= 15 is 0 Å². The van der Waals surface area contributed by atoms with Gasteiger partial charge in [-0.3, -0.25) is 4.79 Å². The molecule has 72 valence electrons. The zero-order valence-corrected chi connectivity index (χ0v) is 8.36. The van der Waals surface area contributed by atoms with Crippen LogP contribution in [0.5, 0.6) is 0 Å². The predicted molar refractivity (Wildman–Crippen MR) is 52.3 cm³/mol. The highest BCUT2D eigenvalue weighted by Gasteiger charge is 2.34. The summed E-state index contributed by atoms with van der Waals surface area (Å²) in [6, 6.07) is 0.901. The number of rotatable bonds is 2. The van der Waals surface area contributed by atoms with Crippen LogP contribution in [0.4, 0.5) is 0 Å². The van der Waals surface area contributed by atoms with Gasteiger partial charge in [-0.2, -0.15) is 0 Å². The Morgan fingerprint density at radius 1 is 1.31 bits per heavy atom. The van der Waals surface area contributed by atoms with E-state index in [2.05, 4.69) is 19.9 Å². The van der Waals surface area contributed by atoms with E-state index < -0.39 is 0 Å². The van der Waals surface area contributed by atoms with E-state index in [4.69, 9.17) is 0 Å². The van der Waals surface area contributed by atoms with Crippen molar-refractivity contribution in [2.75, 3.05) is 0 Å². The largest absolute Gasteiger partial charge is 0.334 e. The molecule has 2 rings (SSSR count). The van der Waals surface area contributed by atoms with Crippen LogP contribution in [-0.2, 0) is 4.79 Å². The minimum atomic E-state index is 0.207. The molecule has 1 saturated carbocycles. The average Bonchev–Trinajstić information content (AvgIpc) is 2.83. The van der Waals surface area contributed by atoms with Gasteiger partial charge in [0.1, 0.15) is 0 Å². The maximum Gasteiger partial charge on any atom is 0.246 e. The summed E-state index contributed by atoms with van der Waals surface area (Å²) in [6.07, 6.45) is 7.54. The molecule has 2 unspecified atom stereocenters. The van der Waals surface area contributed by atoms with E-state index in [-0.39, 0.29) is 5.91 Å². The molecule has 1 aliphatic heterocycles. The summed E-state index contributed by atoms with van der Waals surface area (Å²) in [7, 11) is 0. The van der Waals surface area contributed by atoms with Crippen LogP contribution < -0.4 is 0 Å². The van der Waals surface area contributed by atoms with Gasteiger partial charge in [-0.25, -0.2) is 0 Å². The third-order valence-corrected chi connectivity index (χ3v) is 3.02. The Labute approximate surface area is 79.6 Å². The molecule has 0 aromatic rings. The van der Waals surface area contributed by atoms with Gasteiger partial charge in [0.05, 0.1) is 0 Å². The van der Waals surface area contributed by atoms with Gasteiger partial charge >= 0.3 is 0 Å². The lowest BCUT2D eigenvalue weighted by atomic mass is 9.95. The molecule has 0 spiro atoms. The Morgan fingerprint density at radius 3 is 2.38 bits per heavy atom. The molecule has 0 aromatic carbocycles. The van der Waals surface area contributed by atoms with Gasteiger partial charge in [0.25, 0.3) is 0 Å². The van der Waals surface area contributed by atoms with E-state index in [9.17, 15) is 4.79 Å². The quantitative estimate of drug-likeness (QED) is 0.593. The fourth-order valence-corrected chi connectivity index (χ4v) is 2.04. The second-order valence-corrected chi connectivity index (χ2v) is 4.38. The normalized spacial score (nSPS) is 33.5. The first-order valence-corrected chi connectivity index (χ1v) is 5.19. The number of likely N-dealkylation sites (tertiary alicyclic amines) is 1. The van der Waals surface area contributed by atoms with E-state index in [1.54, 1.807) is 6.08 Å². The Balaban J connectivity index is 1.88. The van der Waals surface area contributed by atoms with Crippen LogP contribution in [0.3, 0.4) is 0 Å². The predicted octanol–water partition coefficient (Wildman–Crippen LogP) is 1.96. The number of allylic oxidation sites excluding steroid dienone is 1. The molecule has 2 aliphatic rings. The number of carbonyl (C=O) groups is 1. The molecule has 2 heteroatoms. The van der Waals surface area contributed by atoms with Crippen molar-refractivity contribution < 1.29 is 4.79 Å². The summed E-state index contributed by atoms with van der Waals surface area (Å²) in [4.78, 5) is 13.6. The molecule has 2 atom stereocenters. The zero-order valence-electron chi connectivity index (χ0n) is 8.36. The van der Waals surface area contributed by atoms with E-state index in [1.807, 2.05) is 4.90 Å². The van der Waals surface area contributed by atoms with Crippen molar-refractivity contribution in [2.45, 2.75) is 45.2 Å². The second-order valence-electron chi connectivity index (χ2n) is 4.38. The number of carbonyl (C=O) groups excluding carboxylic acids is 1. The first-order chi connectivity index (χ1) is 6.18. The third kappa shape index (κ3) is 1.77. The van der Waals surface area contributed by atoms with Gasteiger partial charge in [-0.05, 0) is 45.1 Å². The lowest BCUT2D eigenvalue weighted by Crippen LogP contribution is -2.55. The average molecular weight is 179 g/mol. The van der Waals surface area contributed by atoms with Crippen LogP contribution in [0.25, 0.3) is 0 Å². The molecular weight excluding hydrogens is 162 g/mol. The Morgan fingerprint density at radius 2 is 1.92 bits per heavy atom. The highest BCUT2D eigenvalue weighted by molar-refractivity contribution is 5.88. The van der Waals surface area contributed by atoms with Crippen LogP contribution in [0.2, 0.25) is 0 Å². The van der Waals surface area contributed by atoms with Crippen molar-refractivity contribution in [1.82, 2.24) is 4.90 Å². The topological polar surface area (TPSA) is 20.3 Å². The summed E-state index contributed by atoms with van der Waals surface area (Å²) in [5, 5.41) is 0. The SMILES string of the molecule is CC1CC(C)N1C(=O)/C=C/C1CC1. The minimum Gasteiger partial charge on any atom is -0.334 e. The standard InChI is InChI=1S/C11H17NO/c1-8-7-9(2)12(8)11(13)6-5-10-3-4-10/h5-6,8-10H,3-4,7H2,1-2H3/b6-5+. The molecule has 0 N–H and O–H groups in total. The highest BCUT2D eigenvalue weighted by Crippen LogP contribution is 2.31. The summed E-state index contributed by atoms with van der Waals surface area (Å²) >= 11 is 0. The van der Waals surface area contributed by atoms with Crippen LogP contribution in [0.1, 0.15) is 33.1 Å². The van der Waals surface area contributed by atoms with E-state index in [0.717, 1.165) is 6.42 Å². The van der Waals surface area contributed by atoms with Crippen molar-refractivity contribution in [2.24, 2.45) is 5.92 Å². The van der Waals surface area contributed by atoms with Crippen molar-refractivity contribution in [3.8, 4) is 0 Å². The van der Waals surface area contributed by atoms with E-state index in [0.29, 0.717) is 18.0 Å². The lowest BCUT2D eigenvalue weighted by molar-refractivity contribution is -0.137. The lowest BCUT2D eigenvalue weighted by Gasteiger charge is -2.44. The summed E-state index contributed by atoms with van der Waals surface area (Å²) in [5.74, 6) is 0.911. The molecule has 0 aromatic heterocycles. The maximum atomic E-state index is 11.6. The minimum absolute atomic E-state index is 0.207. The van der Waals surface area contributed by atoms with Gasteiger partial charge < -0.3 is 4.90 Å². The molecule has 0 radical (unpaired) electrons. The van der Waals surface area contributed by atoms with Crippen LogP contribution in [-0.4, -0.2) is 22.9 Å². The number of nitrogens with zero attached hydrogens (tertiary/aromatic N) is 1. The second kappa shape index (κ2) is 3.17. The van der Waals surface area contributed by atoms with Gasteiger partial charge in [0, 0.05) is 12.1 Å². The molecule has 1 heterocycles. The molecule has 2 nitrogen and oxygen atoms in total. The summed E-state index contributed by atoms with van der Waals surface area (Å²) in [5.41, 5.74) is 0. The Bertz CT molecular complexity index is 234. The fourth-order valence-electron chi connectivity index (χ4n) is 2.04. The van der Waals surface area contributed by atoms with Gasteiger partial charge in [0.2, 0.25) is 5.91 Å². The van der Waals surface area contributed by atoms with Crippen LogP contribution in [0, 0.1) is 5.92 Å². The molecular formula is C11H17NO. The van der Waals surface area contributed by atoms with Crippen LogP contribution >= 0.6 is 0 Å². The molecule has 1 amide bonds. The fraction of sp³-hybridized carbons (Fsp3) is 0.727. The van der Waals surface area contributed by atoms with Gasteiger partial charge in [0.15, 0.2) is 0 Å².